The topological polar surface area (TPSA) is 34.4 Å². The Bertz CT molecular complexity index is 496. The third kappa shape index (κ3) is 1.59. The Kier molecular flexibility index (Phi) is 2.36. The number of ether oxygens (including phenoxy) is 1. The lowest BCUT2D eigenvalue weighted by Gasteiger charge is -2.26. The number of halogens is 1. The SMILES string of the molecule is Brc1cccc2c1OC(c1ccco1)CN2. The van der Waals surface area contributed by atoms with Crippen molar-refractivity contribution in [3.05, 3.63) is 46.8 Å². The Morgan fingerprint density at radius 1 is 1.25 bits per heavy atom. The number of nitrogens with one attached hydrogen (secondary N) is 1. The minimum atomic E-state index is -0.0683. The lowest BCUT2D eigenvalue weighted by molar-refractivity contribution is 0.179. The summed E-state index contributed by atoms with van der Waals surface area (Å²) in [6.07, 6.45) is 1.59. The van der Waals surface area contributed by atoms with Gasteiger partial charge in [-0.1, -0.05) is 6.07 Å². The summed E-state index contributed by atoms with van der Waals surface area (Å²) in [7, 11) is 0. The van der Waals surface area contributed by atoms with Crippen LogP contribution in [-0.2, 0) is 0 Å². The van der Waals surface area contributed by atoms with Crippen molar-refractivity contribution in [2.75, 3.05) is 11.9 Å². The predicted octanol–water partition coefficient (Wildman–Crippen LogP) is 3.59. The molecular formula is C12H10BrNO2. The van der Waals surface area contributed by atoms with Crippen LogP contribution in [0, 0.1) is 0 Å². The van der Waals surface area contributed by atoms with Crippen molar-refractivity contribution in [2.45, 2.75) is 6.10 Å². The van der Waals surface area contributed by atoms with Crippen LogP contribution >= 0.6 is 15.9 Å². The summed E-state index contributed by atoms with van der Waals surface area (Å²) in [6.45, 7) is 0.719. The molecule has 0 bridgehead atoms. The van der Waals surface area contributed by atoms with Gasteiger partial charge in [-0.05, 0) is 40.2 Å². The Hall–Kier alpha value is -1.42. The lowest BCUT2D eigenvalue weighted by atomic mass is 10.2. The normalized spacial score (nSPS) is 18.4. The maximum Gasteiger partial charge on any atom is 0.173 e. The van der Waals surface area contributed by atoms with Gasteiger partial charge in [0.2, 0.25) is 0 Å². The van der Waals surface area contributed by atoms with Crippen molar-refractivity contribution < 1.29 is 9.15 Å². The molecule has 1 aromatic carbocycles. The number of benzene rings is 1. The molecule has 2 aromatic rings. The molecule has 0 saturated carbocycles. The molecule has 3 nitrogen and oxygen atoms in total. The molecule has 1 aliphatic rings. The summed E-state index contributed by atoms with van der Waals surface area (Å²) in [5.74, 6) is 1.68. The Morgan fingerprint density at radius 3 is 3.00 bits per heavy atom. The van der Waals surface area contributed by atoms with E-state index in [0.717, 1.165) is 28.2 Å². The molecule has 0 aliphatic carbocycles. The summed E-state index contributed by atoms with van der Waals surface area (Å²) < 4.78 is 12.2. The summed E-state index contributed by atoms with van der Waals surface area (Å²) in [5.41, 5.74) is 1.01. The molecule has 3 rings (SSSR count). The number of rotatable bonds is 1. The van der Waals surface area contributed by atoms with Crippen LogP contribution in [-0.4, -0.2) is 6.54 Å². The van der Waals surface area contributed by atoms with Gasteiger partial charge in [-0.2, -0.15) is 0 Å². The molecule has 0 radical (unpaired) electrons. The molecule has 1 N–H and O–H groups in total. The lowest BCUT2D eigenvalue weighted by Crippen LogP contribution is -2.23. The third-order valence-corrected chi connectivity index (χ3v) is 3.19. The average Bonchev–Trinajstić information content (AvgIpc) is 2.83. The minimum Gasteiger partial charge on any atom is -0.477 e. The molecule has 1 aliphatic heterocycles. The van der Waals surface area contributed by atoms with Gasteiger partial charge in [0.1, 0.15) is 5.76 Å². The van der Waals surface area contributed by atoms with E-state index in [4.69, 9.17) is 9.15 Å². The van der Waals surface area contributed by atoms with Gasteiger partial charge in [0, 0.05) is 0 Å². The molecule has 0 fully saturated rings. The fourth-order valence-electron chi connectivity index (χ4n) is 1.79. The maximum atomic E-state index is 5.90. The summed E-state index contributed by atoms with van der Waals surface area (Å²) >= 11 is 3.48. The van der Waals surface area contributed by atoms with Crippen LogP contribution in [0.5, 0.6) is 5.75 Å². The Morgan fingerprint density at radius 2 is 2.19 bits per heavy atom. The number of hydrogen-bond donors (Lipinski definition) is 1. The molecule has 16 heavy (non-hydrogen) atoms. The van der Waals surface area contributed by atoms with Crippen LogP contribution in [0.3, 0.4) is 0 Å². The zero-order chi connectivity index (χ0) is 11.0. The van der Waals surface area contributed by atoms with Gasteiger partial charge in [0.05, 0.1) is 23.0 Å². The van der Waals surface area contributed by atoms with Gasteiger partial charge < -0.3 is 14.5 Å². The third-order valence-electron chi connectivity index (χ3n) is 2.57. The van der Waals surface area contributed by atoms with Crippen LogP contribution < -0.4 is 10.1 Å². The summed E-state index contributed by atoms with van der Waals surface area (Å²) in [6, 6.07) is 9.73. The van der Waals surface area contributed by atoms with Gasteiger partial charge in [0.25, 0.3) is 0 Å². The van der Waals surface area contributed by atoms with E-state index in [-0.39, 0.29) is 6.10 Å². The smallest absolute Gasteiger partial charge is 0.173 e. The van der Waals surface area contributed by atoms with E-state index in [1.165, 1.54) is 0 Å². The van der Waals surface area contributed by atoms with Crippen molar-refractivity contribution in [2.24, 2.45) is 0 Å². The van der Waals surface area contributed by atoms with Gasteiger partial charge >= 0.3 is 0 Å². The second-order valence-electron chi connectivity index (χ2n) is 3.62. The van der Waals surface area contributed by atoms with Gasteiger partial charge in [-0.25, -0.2) is 0 Å². The van der Waals surface area contributed by atoms with Crippen LogP contribution in [0.15, 0.2) is 45.5 Å². The van der Waals surface area contributed by atoms with E-state index >= 15 is 0 Å². The molecule has 0 saturated heterocycles. The quantitative estimate of drug-likeness (QED) is 0.866. The van der Waals surface area contributed by atoms with E-state index < -0.39 is 0 Å². The van der Waals surface area contributed by atoms with E-state index in [2.05, 4.69) is 21.2 Å². The second-order valence-corrected chi connectivity index (χ2v) is 4.47. The highest BCUT2D eigenvalue weighted by atomic mass is 79.9. The summed E-state index contributed by atoms with van der Waals surface area (Å²) in [5, 5.41) is 3.33. The zero-order valence-corrected chi connectivity index (χ0v) is 10.0. The molecular weight excluding hydrogens is 270 g/mol. The molecule has 2 heterocycles. The second kappa shape index (κ2) is 3.87. The van der Waals surface area contributed by atoms with E-state index in [0.29, 0.717) is 0 Å². The molecule has 0 spiro atoms. The van der Waals surface area contributed by atoms with Crippen molar-refractivity contribution in [3.8, 4) is 5.75 Å². The number of furan rings is 1. The highest BCUT2D eigenvalue weighted by Crippen LogP contribution is 2.39. The first-order chi connectivity index (χ1) is 7.84. The van der Waals surface area contributed by atoms with E-state index in [1.54, 1.807) is 6.26 Å². The summed E-state index contributed by atoms with van der Waals surface area (Å²) in [4.78, 5) is 0. The van der Waals surface area contributed by atoms with Crippen LogP contribution in [0.25, 0.3) is 0 Å². The zero-order valence-electron chi connectivity index (χ0n) is 8.44. The fraction of sp³-hybridized carbons (Fsp3) is 0.167. The molecule has 82 valence electrons. The van der Waals surface area contributed by atoms with Crippen LogP contribution in [0.2, 0.25) is 0 Å². The first kappa shape index (κ1) is 9.78. The molecule has 1 atom stereocenters. The molecule has 1 aromatic heterocycles. The Balaban J connectivity index is 1.94. The fourth-order valence-corrected chi connectivity index (χ4v) is 2.25. The highest BCUT2D eigenvalue weighted by Gasteiger charge is 2.24. The van der Waals surface area contributed by atoms with Crippen molar-refractivity contribution in [1.82, 2.24) is 0 Å². The van der Waals surface area contributed by atoms with Gasteiger partial charge in [-0.3, -0.25) is 0 Å². The van der Waals surface area contributed by atoms with Gasteiger partial charge in [0.15, 0.2) is 11.9 Å². The van der Waals surface area contributed by atoms with E-state index in [1.807, 2.05) is 30.3 Å². The largest absolute Gasteiger partial charge is 0.477 e. The number of anilines is 1. The predicted molar refractivity (Wildman–Crippen MR) is 64.7 cm³/mol. The number of hydrogen-bond acceptors (Lipinski definition) is 3. The monoisotopic (exact) mass is 279 g/mol. The highest BCUT2D eigenvalue weighted by molar-refractivity contribution is 9.10. The molecule has 4 heteroatoms. The van der Waals surface area contributed by atoms with E-state index in [9.17, 15) is 0 Å². The average molecular weight is 280 g/mol. The standard InChI is InChI=1S/C12H10BrNO2/c13-8-3-1-4-9-12(8)16-11(7-14-9)10-5-2-6-15-10/h1-6,11,14H,7H2. The van der Waals surface area contributed by atoms with Crippen LogP contribution in [0.1, 0.15) is 11.9 Å². The maximum absolute atomic E-state index is 5.90. The number of para-hydroxylation sites is 1. The molecule has 0 amide bonds. The van der Waals surface area contributed by atoms with Crippen LogP contribution in [0.4, 0.5) is 5.69 Å². The first-order valence-electron chi connectivity index (χ1n) is 5.07. The first-order valence-corrected chi connectivity index (χ1v) is 5.86. The van der Waals surface area contributed by atoms with Gasteiger partial charge in [-0.15, -0.1) is 0 Å². The minimum absolute atomic E-state index is 0.0683. The number of fused-ring (bicyclic) bond motifs is 1. The molecule has 1 unspecified atom stereocenters. The van der Waals surface area contributed by atoms with Crippen molar-refractivity contribution in [1.29, 1.82) is 0 Å². The Labute approximate surface area is 102 Å². The van der Waals surface area contributed by atoms with Crippen molar-refractivity contribution in [3.63, 3.8) is 0 Å². The van der Waals surface area contributed by atoms with Crippen molar-refractivity contribution >= 4 is 21.6 Å².